The zero-order valence-electron chi connectivity index (χ0n) is 27.7. The molecule has 0 aliphatic heterocycles. The van der Waals surface area contributed by atoms with Crippen molar-refractivity contribution in [2.75, 3.05) is 4.90 Å². The van der Waals surface area contributed by atoms with Crippen LogP contribution in [-0.2, 0) is 5.41 Å². The summed E-state index contributed by atoms with van der Waals surface area (Å²) in [4.78, 5) is 2.52. The van der Waals surface area contributed by atoms with Crippen molar-refractivity contribution < 1.29 is 0 Å². The van der Waals surface area contributed by atoms with Crippen LogP contribution in [0.1, 0.15) is 43.2 Å². The summed E-state index contributed by atoms with van der Waals surface area (Å²) in [6, 6.07) is 57.1. The maximum atomic E-state index is 2.52. The highest BCUT2D eigenvalue weighted by molar-refractivity contribution is 6.13. The van der Waals surface area contributed by atoms with E-state index in [1.54, 1.807) is 11.1 Å². The molecule has 5 aliphatic rings. The Morgan fingerprint density at radius 3 is 1.84 bits per heavy atom. The smallest absolute Gasteiger partial charge is 0.0543 e. The van der Waals surface area contributed by atoms with E-state index in [0.717, 1.165) is 23.7 Å². The van der Waals surface area contributed by atoms with E-state index in [2.05, 4.69) is 157 Å². The van der Waals surface area contributed by atoms with E-state index >= 15 is 0 Å². The molecule has 0 amide bonds. The van der Waals surface area contributed by atoms with Gasteiger partial charge in [0.2, 0.25) is 0 Å². The lowest BCUT2D eigenvalue weighted by Gasteiger charge is -2.61. The van der Waals surface area contributed by atoms with Crippen molar-refractivity contribution in [3.05, 3.63) is 163 Å². The average Bonchev–Trinajstić information content (AvgIpc) is 3.45. The Kier molecular flexibility index (Phi) is 5.91. The summed E-state index contributed by atoms with van der Waals surface area (Å²) in [5.41, 5.74) is 12.5. The summed E-state index contributed by atoms with van der Waals surface area (Å²) < 4.78 is 0. The van der Waals surface area contributed by atoms with E-state index in [1.165, 1.54) is 93.0 Å². The van der Waals surface area contributed by atoms with Gasteiger partial charge < -0.3 is 4.90 Å². The molecule has 4 saturated carbocycles. The molecule has 7 aromatic carbocycles. The Labute approximate surface area is 288 Å². The molecule has 0 N–H and O–H groups in total. The molecule has 7 aromatic rings. The second-order valence-electron chi connectivity index (χ2n) is 15.3. The molecule has 0 atom stereocenters. The Hall–Kier alpha value is -5.14. The fourth-order valence-corrected chi connectivity index (χ4v) is 11.5. The molecule has 1 spiro atoms. The molecule has 12 rings (SSSR count). The molecular formula is C48H39N. The van der Waals surface area contributed by atoms with Crippen LogP contribution in [0.2, 0.25) is 0 Å². The highest BCUT2D eigenvalue weighted by Gasteiger charge is 2.61. The van der Waals surface area contributed by atoms with Crippen LogP contribution in [0.3, 0.4) is 0 Å². The molecule has 0 radical (unpaired) electrons. The third-order valence-electron chi connectivity index (χ3n) is 13.0. The zero-order valence-corrected chi connectivity index (χ0v) is 27.7. The van der Waals surface area contributed by atoms with E-state index in [-0.39, 0.29) is 5.41 Å². The van der Waals surface area contributed by atoms with Crippen LogP contribution in [0.5, 0.6) is 0 Å². The third-order valence-corrected chi connectivity index (χ3v) is 13.0. The number of benzene rings is 7. The van der Waals surface area contributed by atoms with Gasteiger partial charge in [0, 0.05) is 22.4 Å². The summed E-state index contributed by atoms with van der Waals surface area (Å²) in [6.07, 6.45) is 7.08. The average molecular weight is 630 g/mol. The number of nitrogens with zero attached hydrogens (tertiary/aromatic N) is 1. The first-order chi connectivity index (χ1) is 24.3. The largest absolute Gasteiger partial charge is 0.310 e. The molecule has 4 fully saturated rings. The van der Waals surface area contributed by atoms with E-state index in [4.69, 9.17) is 0 Å². The SMILES string of the molecule is c1ccc(N(c2ccc(-c3cc4ccccc4c4ccccc34)cc2)c2cccc3c2-c2ccccc2C32C3CC4CC(C3)CC2C4)cc1. The minimum atomic E-state index is 0.151. The first kappa shape index (κ1) is 27.8. The summed E-state index contributed by atoms with van der Waals surface area (Å²) in [7, 11) is 0. The summed E-state index contributed by atoms with van der Waals surface area (Å²) >= 11 is 0. The number of fused-ring (bicyclic) bond motifs is 6. The quantitative estimate of drug-likeness (QED) is 0.175. The number of hydrogen-bond acceptors (Lipinski definition) is 1. The van der Waals surface area contributed by atoms with Gasteiger partial charge in [0.25, 0.3) is 0 Å². The molecule has 236 valence electrons. The van der Waals surface area contributed by atoms with E-state index in [9.17, 15) is 0 Å². The second kappa shape index (κ2) is 10.4. The van der Waals surface area contributed by atoms with Crippen LogP contribution in [0.25, 0.3) is 43.8 Å². The summed E-state index contributed by atoms with van der Waals surface area (Å²) in [5, 5.41) is 5.20. The topological polar surface area (TPSA) is 3.24 Å². The van der Waals surface area contributed by atoms with Crippen LogP contribution in [-0.4, -0.2) is 0 Å². The molecule has 49 heavy (non-hydrogen) atoms. The molecule has 0 saturated heterocycles. The minimum Gasteiger partial charge on any atom is -0.310 e. The van der Waals surface area contributed by atoms with Gasteiger partial charge >= 0.3 is 0 Å². The van der Waals surface area contributed by atoms with Crippen molar-refractivity contribution in [1.29, 1.82) is 0 Å². The number of para-hydroxylation sites is 1. The molecule has 1 nitrogen and oxygen atoms in total. The van der Waals surface area contributed by atoms with Crippen LogP contribution in [0, 0.1) is 23.7 Å². The molecular weight excluding hydrogens is 591 g/mol. The van der Waals surface area contributed by atoms with Gasteiger partial charge in [0.05, 0.1) is 5.69 Å². The van der Waals surface area contributed by atoms with Gasteiger partial charge in [-0.2, -0.15) is 0 Å². The van der Waals surface area contributed by atoms with Gasteiger partial charge in [-0.15, -0.1) is 0 Å². The first-order valence-electron chi connectivity index (χ1n) is 18.4. The monoisotopic (exact) mass is 629 g/mol. The first-order valence-corrected chi connectivity index (χ1v) is 18.4. The molecule has 0 heterocycles. The maximum Gasteiger partial charge on any atom is 0.0543 e. The van der Waals surface area contributed by atoms with E-state index in [1.807, 2.05) is 0 Å². The van der Waals surface area contributed by atoms with Crippen molar-refractivity contribution in [2.45, 2.75) is 37.5 Å². The zero-order chi connectivity index (χ0) is 32.1. The van der Waals surface area contributed by atoms with Crippen molar-refractivity contribution in [2.24, 2.45) is 23.7 Å². The highest BCUT2D eigenvalue weighted by atomic mass is 15.1. The predicted octanol–water partition coefficient (Wildman–Crippen LogP) is 12.9. The fraction of sp³-hybridized carbons (Fsp3) is 0.208. The number of rotatable bonds is 4. The molecule has 4 bridgehead atoms. The lowest BCUT2D eigenvalue weighted by Crippen LogP contribution is -2.55. The van der Waals surface area contributed by atoms with Crippen LogP contribution >= 0.6 is 0 Å². The van der Waals surface area contributed by atoms with Crippen LogP contribution < -0.4 is 4.90 Å². The number of anilines is 3. The van der Waals surface area contributed by atoms with Gasteiger partial charge in [-0.05, 0) is 142 Å². The van der Waals surface area contributed by atoms with Gasteiger partial charge in [0.1, 0.15) is 0 Å². The van der Waals surface area contributed by atoms with Gasteiger partial charge in [-0.3, -0.25) is 0 Å². The summed E-state index contributed by atoms with van der Waals surface area (Å²) in [6.45, 7) is 0. The lowest BCUT2D eigenvalue weighted by molar-refractivity contribution is -0.0399. The predicted molar refractivity (Wildman–Crippen MR) is 205 cm³/mol. The van der Waals surface area contributed by atoms with Crippen LogP contribution in [0.4, 0.5) is 17.1 Å². The van der Waals surface area contributed by atoms with Crippen molar-refractivity contribution in [3.8, 4) is 22.3 Å². The second-order valence-corrected chi connectivity index (χ2v) is 15.3. The Balaban J connectivity index is 1.09. The maximum absolute atomic E-state index is 2.52. The van der Waals surface area contributed by atoms with Crippen molar-refractivity contribution in [3.63, 3.8) is 0 Å². The van der Waals surface area contributed by atoms with Gasteiger partial charge in [-0.25, -0.2) is 0 Å². The van der Waals surface area contributed by atoms with Crippen molar-refractivity contribution in [1.82, 2.24) is 0 Å². The Bertz CT molecular complexity index is 2370. The van der Waals surface area contributed by atoms with Crippen LogP contribution in [0.15, 0.2) is 152 Å². The van der Waals surface area contributed by atoms with E-state index < -0.39 is 0 Å². The van der Waals surface area contributed by atoms with Gasteiger partial charge in [0.15, 0.2) is 0 Å². The molecule has 1 heteroatoms. The highest BCUT2D eigenvalue weighted by Crippen LogP contribution is 2.70. The lowest BCUT2D eigenvalue weighted by atomic mass is 9.43. The number of hydrogen-bond donors (Lipinski definition) is 0. The minimum absolute atomic E-state index is 0.151. The van der Waals surface area contributed by atoms with Gasteiger partial charge in [-0.1, -0.05) is 115 Å². The standard InChI is InChI=1S/C48H39N/c1-2-12-37(13-3-1)49(38-23-21-33(22-24-38)43-30-34-11-4-5-14-39(34)40-15-6-7-16-41(40)43)46-20-10-19-45-47(46)42-17-8-9-18-44(42)48(45)35-26-31-25-32(28-35)29-36(48)27-31/h1-24,30-32,35-36H,25-29H2. The Morgan fingerprint density at radius 1 is 0.449 bits per heavy atom. The normalized spacial score (nSPS) is 24.4. The van der Waals surface area contributed by atoms with E-state index in [0.29, 0.717) is 0 Å². The summed E-state index contributed by atoms with van der Waals surface area (Å²) in [5.74, 6) is 3.38. The Morgan fingerprint density at radius 2 is 1.06 bits per heavy atom. The third kappa shape index (κ3) is 3.88. The molecule has 0 unspecified atom stereocenters. The van der Waals surface area contributed by atoms with Crippen molar-refractivity contribution >= 4 is 38.6 Å². The molecule has 5 aliphatic carbocycles. The molecule has 0 aromatic heterocycles. The fourth-order valence-electron chi connectivity index (χ4n) is 11.5.